The van der Waals surface area contributed by atoms with E-state index in [4.69, 9.17) is 14.2 Å². The number of carbonyl (C=O) groups is 1. The summed E-state index contributed by atoms with van der Waals surface area (Å²) in [5.74, 6) is 0.0355. The number of hydrogen-bond donors (Lipinski definition) is 5. The smallest absolute Gasteiger partial charge is 0.259 e. The van der Waals surface area contributed by atoms with Crippen LogP contribution in [0.4, 0.5) is 5.69 Å². The van der Waals surface area contributed by atoms with E-state index in [1.54, 1.807) is 36.4 Å². The lowest BCUT2D eigenvalue weighted by Gasteiger charge is -2.39. The fourth-order valence-electron chi connectivity index (χ4n) is 3.75. The van der Waals surface area contributed by atoms with Crippen LogP contribution in [0.5, 0.6) is 11.5 Å². The van der Waals surface area contributed by atoms with E-state index >= 15 is 0 Å². The largest absolute Gasteiger partial charge is 0.495 e. The van der Waals surface area contributed by atoms with Crippen LogP contribution in [0.1, 0.15) is 10.4 Å². The van der Waals surface area contributed by atoms with Crippen LogP contribution in [0.15, 0.2) is 59.1 Å². The SMILES string of the molecule is COc1ccccc1NC(=O)c1cc2cc(Br)ccc2cc1O[C@@H]1O[C@H](CO)[C@H](O)[C@H](O)[C@H]1O. The predicted molar refractivity (Wildman–Crippen MR) is 127 cm³/mol. The summed E-state index contributed by atoms with van der Waals surface area (Å²) < 4.78 is 17.4. The van der Waals surface area contributed by atoms with Gasteiger partial charge in [-0.05, 0) is 47.2 Å². The molecule has 9 nitrogen and oxygen atoms in total. The molecule has 5 N–H and O–H groups in total. The van der Waals surface area contributed by atoms with Gasteiger partial charge in [-0.3, -0.25) is 4.79 Å². The van der Waals surface area contributed by atoms with E-state index in [2.05, 4.69) is 21.2 Å². The summed E-state index contributed by atoms with van der Waals surface area (Å²) in [5.41, 5.74) is 0.580. The van der Waals surface area contributed by atoms with E-state index in [9.17, 15) is 25.2 Å². The van der Waals surface area contributed by atoms with Crippen molar-refractivity contribution in [2.75, 3.05) is 19.0 Å². The van der Waals surface area contributed by atoms with Crippen LogP contribution >= 0.6 is 15.9 Å². The average molecular weight is 534 g/mol. The number of carbonyl (C=O) groups excluding carboxylic acids is 1. The maximum absolute atomic E-state index is 13.3. The number of hydrogen-bond acceptors (Lipinski definition) is 8. The van der Waals surface area contributed by atoms with E-state index in [0.29, 0.717) is 11.4 Å². The molecule has 3 aromatic rings. The molecule has 0 aliphatic carbocycles. The summed E-state index contributed by atoms with van der Waals surface area (Å²) in [4.78, 5) is 13.3. The van der Waals surface area contributed by atoms with Crippen molar-refractivity contribution in [3.63, 3.8) is 0 Å². The van der Waals surface area contributed by atoms with Crippen molar-refractivity contribution in [1.82, 2.24) is 0 Å². The molecular formula is C24H24BrNO8. The molecule has 1 aliphatic rings. The quantitative estimate of drug-likeness (QED) is 0.324. The number of amides is 1. The molecule has 0 bridgehead atoms. The van der Waals surface area contributed by atoms with Crippen LogP contribution in [-0.2, 0) is 4.74 Å². The molecule has 180 valence electrons. The summed E-state index contributed by atoms with van der Waals surface area (Å²) >= 11 is 3.42. The monoisotopic (exact) mass is 533 g/mol. The summed E-state index contributed by atoms with van der Waals surface area (Å²) in [6.45, 7) is -0.600. The Morgan fingerprint density at radius 1 is 1.00 bits per heavy atom. The number of nitrogens with one attached hydrogen (secondary N) is 1. The molecule has 0 radical (unpaired) electrons. The third-order valence-electron chi connectivity index (χ3n) is 5.59. The first-order valence-electron chi connectivity index (χ1n) is 10.5. The van der Waals surface area contributed by atoms with Crippen LogP contribution < -0.4 is 14.8 Å². The minimum absolute atomic E-state index is 0.0755. The van der Waals surface area contributed by atoms with Crippen LogP contribution in [0.25, 0.3) is 10.8 Å². The minimum atomic E-state index is -1.62. The van der Waals surface area contributed by atoms with Crippen molar-refractivity contribution < 1.29 is 39.4 Å². The Labute approximate surface area is 203 Å². The first-order chi connectivity index (χ1) is 16.3. The molecule has 0 unspecified atom stereocenters. The van der Waals surface area contributed by atoms with Gasteiger partial charge in [0.05, 0.1) is 25.0 Å². The molecule has 1 heterocycles. The van der Waals surface area contributed by atoms with Crippen LogP contribution in [0.2, 0.25) is 0 Å². The van der Waals surface area contributed by atoms with Crippen molar-refractivity contribution >= 4 is 38.3 Å². The second-order valence-electron chi connectivity index (χ2n) is 7.81. The molecular weight excluding hydrogens is 510 g/mol. The second-order valence-corrected chi connectivity index (χ2v) is 8.73. The molecule has 1 saturated heterocycles. The molecule has 10 heteroatoms. The van der Waals surface area contributed by atoms with E-state index in [1.807, 2.05) is 18.2 Å². The summed E-state index contributed by atoms with van der Waals surface area (Å²) in [5, 5.41) is 44.3. The van der Waals surface area contributed by atoms with Gasteiger partial charge in [0, 0.05) is 4.47 Å². The van der Waals surface area contributed by atoms with Gasteiger partial charge in [-0.1, -0.05) is 34.1 Å². The highest BCUT2D eigenvalue weighted by Gasteiger charge is 2.45. The third-order valence-corrected chi connectivity index (χ3v) is 6.09. The maximum atomic E-state index is 13.3. The number of fused-ring (bicyclic) bond motifs is 1. The number of anilines is 1. The summed E-state index contributed by atoms with van der Waals surface area (Å²) in [6.07, 6.45) is -7.35. The molecule has 0 spiro atoms. The topological polar surface area (TPSA) is 138 Å². The number of benzene rings is 3. The Hall–Kier alpha value is -2.73. The van der Waals surface area contributed by atoms with Gasteiger partial charge in [-0.15, -0.1) is 0 Å². The van der Waals surface area contributed by atoms with Gasteiger partial charge in [-0.2, -0.15) is 0 Å². The zero-order valence-electron chi connectivity index (χ0n) is 18.1. The molecule has 1 fully saturated rings. The number of ether oxygens (including phenoxy) is 3. The molecule has 1 amide bonds. The molecule has 3 aromatic carbocycles. The van der Waals surface area contributed by atoms with Crippen molar-refractivity contribution in [2.45, 2.75) is 30.7 Å². The van der Waals surface area contributed by atoms with Gasteiger partial charge in [0.2, 0.25) is 6.29 Å². The predicted octanol–water partition coefficient (Wildman–Crippen LogP) is 2.04. The van der Waals surface area contributed by atoms with Gasteiger partial charge in [0.25, 0.3) is 5.91 Å². The first kappa shape index (κ1) is 24.4. The Morgan fingerprint density at radius 3 is 2.50 bits per heavy atom. The highest BCUT2D eigenvalue weighted by atomic mass is 79.9. The van der Waals surface area contributed by atoms with Gasteiger partial charge in [-0.25, -0.2) is 0 Å². The van der Waals surface area contributed by atoms with Crippen molar-refractivity contribution in [1.29, 1.82) is 0 Å². The number of methoxy groups -OCH3 is 1. The number of halogens is 1. The average Bonchev–Trinajstić information content (AvgIpc) is 2.84. The van der Waals surface area contributed by atoms with E-state index in [0.717, 1.165) is 15.2 Å². The number of aliphatic hydroxyl groups excluding tert-OH is 4. The normalized spacial score (nSPS) is 24.6. The molecule has 5 atom stereocenters. The summed E-state index contributed by atoms with van der Waals surface area (Å²) in [6, 6.07) is 15.6. The van der Waals surface area contributed by atoms with Crippen LogP contribution in [0, 0.1) is 0 Å². The van der Waals surface area contributed by atoms with Gasteiger partial charge >= 0.3 is 0 Å². The van der Waals surface area contributed by atoms with E-state index in [1.165, 1.54) is 7.11 Å². The Kier molecular flexibility index (Phi) is 7.36. The summed E-state index contributed by atoms with van der Waals surface area (Å²) in [7, 11) is 1.49. The Morgan fingerprint density at radius 2 is 1.76 bits per heavy atom. The molecule has 0 aromatic heterocycles. The zero-order chi connectivity index (χ0) is 24.4. The molecule has 4 rings (SSSR count). The highest BCUT2D eigenvalue weighted by Crippen LogP contribution is 2.33. The number of rotatable bonds is 6. The molecule has 1 aliphatic heterocycles. The lowest BCUT2D eigenvalue weighted by molar-refractivity contribution is -0.277. The standard InChI is InChI=1S/C24H24BrNO8/c1-32-17-5-3-2-4-16(17)26-23(31)15-9-13-8-14(25)7-6-12(13)10-18(15)33-24-22(30)21(29)20(28)19(11-27)34-24/h2-10,19-22,24,27-30H,11H2,1H3,(H,26,31)/t19-,20+,21+,22-,24-/m1/s1. The zero-order valence-corrected chi connectivity index (χ0v) is 19.7. The van der Waals surface area contributed by atoms with E-state index in [-0.39, 0.29) is 11.3 Å². The fourth-order valence-corrected chi connectivity index (χ4v) is 4.13. The maximum Gasteiger partial charge on any atom is 0.259 e. The van der Waals surface area contributed by atoms with Gasteiger partial charge in [0.1, 0.15) is 35.9 Å². The van der Waals surface area contributed by atoms with Crippen molar-refractivity contribution in [3.8, 4) is 11.5 Å². The minimum Gasteiger partial charge on any atom is -0.495 e. The number of para-hydroxylation sites is 2. The van der Waals surface area contributed by atoms with Crippen LogP contribution in [0.3, 0.4) is 0 Å². The van der Waals surface area contributed by atoms with Crippen molar-refractivity contribution in [3.05, 3.63) is 64.6 Å². The molecule has 34 heavy (non-hydrogen) atoms. The highest BCUT2D eigenvalue weighted by molar-refractivity contribution is 9.10. The lowest BCUT2D eigenvalue weighted by atomic mass is 9.99. The van der Waals surface area contributed by atoms with E-state index < -0.39 is 43.2 Å². The van der Waals surface area contributed by atoms with Crippen molar-refractivity contribution in [2.24, 2.45) is 0 Å². The second kappa shape index (κ2) is 10.3. The van der Waals surface area contributed by atoms with Crippen LogP contribution in [-0.4, -0.2) is 70.8 Å². The lowest BCUT2D eigenvalue weighted by Crippen LogP contribution is -2.60. The Bertz CT molecular complexity index is 1190. The first-order valence-corrected chi connectivity index (χ1v) is 11.3. The molecule has 0 saturated carbocycles. The number of aliphatic hydroxyl groups is 4. The fraction of sp³-hybridized carbons (Fsp3) is 0.292. The Balaban J connectivity index is 1.72. The third kappa shape index (κ3) is 4.88. The van der Waals surface area contributed by atoms with Gasteiger partial charge < -0.3 is 40.0 Å². The van der Waals surface area contributed by atoms with Gasteiger partial charge in [0.15, 0.2) is 0 Å².